The molecule has 0 saturated heterocycles. The molecule has 0 fully saturated rings. The first-order valence-electron chi connectivity index (χ1n) is 6.58. The normalized spacial score (nSPS) is 15.4. The van der Waals surface area contributed by atoms with Gasteiger partial charge in [-0.25, -0.2) is 4.98 Å². The minimum absolute atomic E-state index is 0.269. The number of aryl methyl sites for hydroxylation is 1. The quantitative estimate of drug-likeness (QED) is 0.659. The molecule has 0 aliphatic carbocycles. The zero-order valence-electron chi connectivity index (χ0n) is 12.4. The lowest BCUT2D eigenvalue weighted by Gasteiger charge is -2.14. The monoisotopic (exact) mass is 332 g/mol. The number of pyridine rings is 1. The molecule has 23 heavy (non-hydrogen) atoms. The van der Waals surface area contributed by atoms with Crippen molar-refractivity contribution in [1.29, 1.82) is 5.41 Å². The lowest BCUT2D eigenvalue weighted by molar-refractivity contribution is 0.371. The summed E-state index contributed by atoms with van der Waals surface area (Å²) in [4.78, 5) is 12.3. The van der Waals surface area contributed by atoms with Gasteiger partial charge in [-0.3, -0.25) is 4.99 Å². The molecule has 1 aliphatic heterocycles. The van der Waals surface area contributed by atoms with Gasteiger partial charge in [0.2, 0.25) is 5.28 Å². The van der Waals surface area contributed by atoms with Gasteiger partial charge in [-0.2, -0.15) is 4.98 Å². The van der Waals surface area contributed by atoms with E-state index in [0.717, 1.165) is 6.21 Å². The Kier molecular flexibility index (Phi) is 3.98. The van der Waals surface area contributed by atoms with Gasteiger partial charge in [0.1, 0.15) is 11.2 Å². The van der Waals surface area contributed by atoms with Gasteiger partial charge in [-0.05, 0) is 11.6 Å². The number of methoxy groups -OCH3 is 1. The Bertz CT molecular complexity index is 868. The van der Waals surface area contributed by atoms with Crippen molar-refractivity contribution in [2.45, 2.75) is 0 Å². The molecule has 0 radical (unpaired) electrons. The third kappa shape index (κ3) is 2.64. The topological polar surface area (TPSA) is 97.4 Å². The average Bonchev–Trinajstić information content (AvgIpc) is 2.88. The fraction of sp³-hybridized carbons (Fsp3) is 0.143. The first kappa shape index (κ1) is 15.0. The molecular formula is C14H13ClN6O2. The van der Waals surface area contributed by atoms with Crippen molar-refractivity contribution >= 4 is 35.2 Å². The molecule has 0 spiro atoms. The number of aliphatic imine (C=N–C) groups is 1. The zero-order valence-corrected chi connectivity index (χ0v) is 13.1. The van der Waals surface area contributed by atoms with E-state index in [4.69, 9.17) is 26.5 Å². The van der Waals surface area contributed by atoms with Gasteiger partial charge in [0.25, 0.3) is 0 Å². The molecule has 1 aliphatic rings. The summed E-state index contributed by atoms with van der Waals surface area (Å²) in [6, 6.07) is 0. The smallest absolute Gasteiger partial charge is 0.205 e. The number of allylic oxidation sites excluding steroid dienone is 2. The molecule has 0 unspecified atom stereocenters. The molecule has 0 amide bonds. The maximum absolute atomic E-state index is 7.55. The molecule has 9 heteroatoms. The van der Waals surface area contributed by atoms with Crippen LogP contribution in [0.2, 0.25) is 5.28 Å². The number of rotatable bonds is 4. The van der Waals surface area contributed by atoms with Crippen molar-refractivity contribution in [2.24, 2.45) is 12.0 Å². The van der Waals surface area contributed by atoms with Crippen LogP contribution in [0.3, 0.4) is 0 Å². The predicted octanol–water partition coefficient (Wildman–Crippen LogP) is 2.02. The first-order chi connectivity index (χ1) is 11.2. The van der Waals surface area contributed by atoms with Gasteiger partial charge in [0.05, 0.1) is 25.7 Å². The number of nitrogens with one attached hydrogen (secondary N) is 2. The lowest BCUT2D eigenvalue weighted by atomic mass is 10.3. The van der Waals surface area contributed by atoms with Gasteiger partial charge < -0.3 is 24.8 Å². The van der Waals surface area contributed by atoms with Crippen LogP contribution in [0.1, 0.15) is 0 Å². The van der Waals surface area contributed by atoms with E-state index in [9.17, 15) is 0 Å². The van der Waals surface area contributed by atoms with Crippen LogP contribution in [0, 0.1) is 5.41 Å². The standard InChI is InChI=1S/C14H13ClN6O2/c1-21-11-12(22-2)10(7-19-13(11)20-14(21)15)23-9(5-16)8-6-17-3-4-18-8/h3-7,16,18H,1-2H3/b9-8+,16-5?. The van der Waals surface area contributed by atoms with Gasteiger partial charge in [-0.15, -0.1) is 0 Å². The number of aromatic nitrogens is 3. The Morgan fingerprint density at radius 3 is 2.96 bits per heavy atom. The number of nitrogens with zero attached hydrogens (tertiary/aromatic N) is 4. The number of fused-ring (bicyclic) bond motifs is 1. The Hall–Kier alpha value is -2.87. The lowest BCUT2D eigenvalue weighted by Crippen LogP contribution is -2.16. The fourth-order valence-electron chi connectivity index (χ4n) is 2.11. The molecule has 0 bridgehead atoms. The van der Waals surface area contributed by atoms with E-state index in [0.29, 0.717) is 33.6 Å². The van der Waals surface area contributed by atoms with Crippen LogP contribution in [0.4, 0.5) is 0 Å². The molecule has 2 aromatic rings. The van der Waals surface area contributed by atoms with Crippen molar-refractivity contribution in [1.82, 2.24) is 19.9 Å². The van der Waals surface area contributed by atoms with E-state index in [1.165, 1.54) is 13.3 Å². The second-order valence-electron chi connectivity index (χ2n) is 4.53. The molecule has 118 valence electrons. The third-order valence-electron chi connectivity index (χ3n) is 3.19. The summed E-state index contributed by atoms with van der Waals surface area (Å²) < 4.78 is 12.9. The van der Waals surface area contributed by atoms with Crippen LogP contribution in [-0.4, -0.2) is 34.1 Å². The first-order valence-corrected chi connectivity index (χ1v) is 6.95. The van der Waals surface area contributed by atoms with Crippen molar-refractivity contribution in [3.63, 3.8) is 0 Å². The van der Waals surface area contributed by atoms with Crippen molar-refractivity contribution in [3.05, 3.63) is 35.3 Å². The minimum atomic E-state index is 0.269. The molecule has 2 N–H and O–H groups in total. The van der Waals surface area contributed by atoms with Crippen LogP contribution in [-0.2, 0) is 7.05 Å². The van der Waals surface area contributed by atoms with Crippen molar-refractivity contribution in [3.8, 4) is 11.5 Å². The molecule has 0 atom stereocenters. The summed E-state index contributed by atoms with van der Waals surface area (Å²) in [5, 5.41) is 10.8. The third-order valence-corrected chi connectivity index (χ3v) is 3.53. The molecule has 0 aromatic carbocycles. The summed E-state index contributed by atoms with van der Waals surface area (Å²) in [5.74, 6) is 1.04. The number of imidazole rings is 1. The summed E-state index contributed by atoms with van der Waals surface area (Å²) in [6.45, 7) is 0. The van der Waals surface area contributed by atoms with E-state index in [-0.39, 0.29) is 5.76 Å². The molecule has 3 heterocycles. The van der Waals surface area contributed by atoms with E-state index in [2.05, 4.69) is 20.3 Å². The van der Waals surface area contributed by atoms with Crippen LogP contribution < -0.4 is 14.8 Å². The zero-order chi connectivity index (χ0) is 16.4. The maximum Gasteiger partial charge on any atom is 0.205 e. The van der Waals surface area contributed by atoms with Gasteiger partial charge >= 0.3 is 0 Å². The van der Waals surface area contributed by atoms with E-state index >= 15 is 0 Å². The number of hydrogen-bond acceptors (Lipinski definition) is 7. The van der Waals surface area contributed by atoms with Gasteiger partial charge in [0.15, 0.2) is 22.9 Å². The summed E-state index contributed by atoms with van der Waals surface area (Å²) in [5.41, 5.74) is 1.60. The van der Waals surface area contributed by atoms with E-state index in [1.807, 2.05) is 0 Å². The van der Waals surface area contributed by atoms with Crippen LogP contribution >= 0.6 is 11.6 Å². The van der Waals surface area contributed by atoms with Crippen LogP contribution in [0.15, 0.2) is 35.0 Å². The summed E-state index contributed by atoms with van der Waals surface area (Å²) >= 11 is 6.02. The highest BCUT2D eigenvalue weighted by atomic mass is 35.5. The van der Waals surface area contributed by atoms with Gasteiger partial charge in [0, 0.05) is 19.4 Å². The van der Waals surface area contributed by atoms with Crippen LogP contribution in [0.25, 0.3) is 11.2 Å². The molecule has 2 aromatic heterocycles. The van der Waals surface area contributed by atoms with Crippen molar-refractivity contribution < 1.29 is 9.47 Å². The predicted molar refractivity (Wildman–Crippen MR) is 87.3 cm³/mol. The minimum Gasteiger partial charge on any atom is -0.491 e. The Morgan fingerprint density at radius 2 is 2.30 bits per heavy atom. The van der Waals surface area contributed by atoms with Crippen LogP contribution in [0.5, 0.6) is 11.5 Å². The van der Waals surface area contributed by atoms with E-state index < -0.39 is 0 Å². The Labute approximate surface area is 136 Å². The number of hydrogen-bond donors (Lipinski definition) is 2. The SMILES string of the molecule is COc1c(O/C(C=N)=C2\C=NC=CN2)cnc2nc(Cl)n(C)c12. The molecule has 0 saturated carbocycles. The van der Waals surface area contributed by atoms with Gasteiger partial charge in [-0.1, -0.05) is 0 Å². The molecule has 8 nitrogen and oxygen atoms in total. The number of ether oxygens (including phenoxy) is 2. The molecular weight excluding hydrogens is 320 g/mol. The fourth-order valence-corrected chi connectivity index (χ4v) is 2.27. The summed E-state index contributed by atoms with van der Waals surface area (Å²) in [6.07, 6.45) is 7.34. The average molecular weight is 333 g/mol. The second-order valence-corrected chi connectivity index (χ2v) is 4.87. The Balaban J connectivity index is 2.09. The van der Waals surface area contributed by atoms with E-state index in [1.54, 1.807) is 30.2 Å². The summed E-state index contributed by atoms with van der Waals surface area (Å²) in [7, 11) is 3.27. The largest absolute Gasteiger partial charge is 0.491 e. The highest BCUT2D eigenvalue weighted by molar-refractivity contribution is 6.29. The highest BCUT2D eigenvalue weighted by Crippen LogP contribution is 2.35. The van der Waals surface area contributed by atoms with Crippen molar-refractivity contribution in [2.75, 3.05) is 7.11 Å². The molecule has 3 rings (SSSR count). The second kappa shape index (κ2) is 6.09. The number of halogens is 1. The maximum atomic E-state index is 7.55. The highest BCUT2D eigenvalue weighted by Gasteiger charge is 2.19. The Morgan fingerprint density at radius 1 is 1.48 bits per heavy atom.